The van der Waals surface area contributed by atoms with Gasteiger partial charge >= 0.3 is 0 Å². The molecule has 13 heavy (non-hydrogen) atoms. The quantitative estimate of drug-likeness (QED) is 0.637. The Balaban J connectivity index is 2.12. The molecule has 1 saturated carbocycles. The first kappa shape index (κ1) is 8.86. The summed E-state index contributed by atoms with van der Waals surface area (Å²) in [5.41, 5.74) is 1.84. The summed E-state index contributed by atoms with van der Waals surface area (Å²) in [7, 11) is 0. The molecular weight excluding hydrogens is 160 g/mol. The Morgan fingerprint density at radius 2 is 2.08 bits per heavy atom. The highest BCUT2D eigenvalue weighted by atomic mass is 16.3. The van der Waals surface area contributed by atoms with Crippen LogP contribution < -0.4 is 0 Å². The maximum atomic E-state index is 5.13. The summed E-state index contributed by atoms with van der Waals surface area (Å²) in [5.74, 6) is 1.59. The van der Waals surface area contributed by atoms with E-state index in [-0.39, 0.29) is 0 Å². The van der Waals surface area contributed by atoms with Crippen molar-refractivity contribution in [2.24, 2.45) is 11.3 Å². The fourth-order valence-electron chi connectivity index (χ4n) is 2.42. The predicted octanol–water partition coefficient (Wildman–Crippen LogP) is 3.82. The molecule has 2 unspecified atom stereocenters. The van der Waals surface area contributed by atoms with Crippen LogP contribution in [0.5, 0.6) is 0 Å². The molecule has 0 spiro atoms. The molecule has 0 saturated heterocycles. The summed E-state index contributed by atoms with van der Waals surface area (Å²) in [6.07, 6.45) is 6.40. The third-order valence-corrected chi connectivity index (χ3v) is 3.36. The molecule has 0 bridgehead atoms. The van der Waals surface area contributed by atoms with Crippen LogP contribution in [0.4, 0.5) is 0 Å². The van der Waals surface area contributed by atoms with Crippen molar-refractivity contribution in [1.82, 2.24) is 0 Å². The lowest BCUT2D eigenvalue weighted by atomic mass is 9.60. The summed E-state index contributed by atoms with van der Waals surface area (Å²) < 4.78 is 5.13. The zero-order valence-corrected chi connectivity index (χ0v) is 8.71. The van der Waals surface area contributed by atoms with Crippen molar-refractivity contribution < 1.29 is 4.42 Å². The number of rotatable bonds is 1. The predicted molar refractivity (Wildman–Crippen MR) is 53.6 cm³/mol. The maximum absolute atomic E-state index is 5.13. The molecule has 0 aliphatic heterocycles. The number of hydrogen-bond donors (Lipinski definition) is 0. The number of hydrogen-bond acceptors (Lipinski definition) is 1. The van der Waals surface area contributed by atoms with Gasteiger partial charge in [-0.1, -0.05) is 20.8 Å². The van der Waals surface area contributed by atoms with Crippen LogP contribution in [0.1, 0.15) is 45.1 Å². The van der Waals surface area contributed by atoms with Crippen LogP contribution in [0.25, 0.3) is 0 Å². The summed E-state index contributed by atoms with van der Waals surface area (Å²) in [6, 6.07) is 2.11. The molecule has 1 fully saturated rings. The van der Waals surface area contributed by atoms with E-state index in [1.54, 1.807) is 6.26 Å². The van der Waals surface area contributed by atoms with Crippen molar-refractivity contribution in [2.75, 3.05) is 0 Å². The Morgan fingerprint density at radius 3 is 2.46 bits per heavy atom. The lowest BCUT2D eigenvalue weighted by molar-refractivity contribution is 0.106. The minimum Gasteiger partial charge on any atom is -0.472 e. The van der Waals surface area contributed by atoms with Gasteiger partial charge in [0.2, 0.25) is 0 Å². The van der Waals surface area contributed by atoms with Gasteiger partial charge in [-0.25, -0.2) is 0 Å². The van der Waals surface area contributed by atoms with E-state index in [4.69, 9.17) is 4.42 Å². The normalized spacial score (nSPS) is 28.5. The van der Waals surface area contributed by atoms with E-state index >= 15 is 0 Å². The number of furan rings is 1. The Bertz CT molecular complexity index is 266. The topological polar surface area (TPSA) is 13.1 Å². The average Bonchev–Trinajstić information content (AvgIpc) is 2.32. The maximum Gasteiger partial charge on any atom is 0.0937 e. The lowest BCUT2D eigenvalue weighted by Crippen LogP contribution is -2.34. The molecule has 1 nitrogen and oxygen atoms in total. The largest absolute Gasteiger partial charge is 0.472 e. The summed E-state index contributed by atoms with van der Waals surface area (Å²) >= 11 is 0. The van der Waals surface area contributed by atoms with E-state index in [1.807, 2.05) is 6.26 Å². The van der Waals surface area contributed by atoms with Crippen LogP contribution in [0, 0.1) is 11.3 Å². The Labute approximate surface area is 80.1 Å². The lowest BCUT2D eigenvalue weighted by Gasteiger charge is -2.45. The molecule has 0 aromatic carbocycles. The van der Waals surface area contributed by atoms with E-state index < -0.39 is 0 Å². The molecule has 2 rings (SSSR count). The second kappa shape index (κ2) is 2.90. The fraction of sp³-hybridized carbons (Fsp3) is 0.667. The highest BCUT2D eigenvalue weighted by Crippen LogP contribution is 2.51. The van der Waals surface area contributed by atoms with Crippen molar-refractivity contribution >= 4 is 0 Å². The molecule has 1 aliphatic rings. The first-order valence-corrected chi connectivity index (χ1v) is 5.11. The van der Waals surface area contributed by atoms with E-state index in [1.165, 1.54) is 18.4 Å². The van der Waals surface area contributed by atoms with Crippen LogP contribution in [-0.4, -0.2) is 0 Å². The van der Waals surface area contributed by atoms with Crippen molar-refractivity contribution in [3.05, 3.63) is 24.2 Å². The first-order chi connectivity index (χ1) is 6.09. The molecule has 1 aliphatic carbocycles. The molecule has 1 heteroatoms. The van der Waals surface area contributed by atoms with Gasteiger partial charge < -0.3 is 4.42 Å². The Kier molecular flexibility index (Phi) is 1.98. The van der Waals surface area contributed by atoms with Crippen molar-refractivity contribution in [2.45, 2.75) is 39.5 Å². The van der Waals surface area contributed by atoms with Gasteiger partial charge in [0.05, 0.1) is 12.5 Å². The van der Waals surface area contributed by atoms with Gasteiger partial charge in [-0.15, -0.1) is 0 Å². The van der Waals surface area contributed by atoms with E-state index in [0.29, 0.717) is 5.41 Å². The minimum atomic E-state index is 0.445. The molecule has 72 valence electrons. The smallest absolute Gasteiger partial charge is 0.0937 e. The average molecular weight is 178 g/mol. The van der Waals surface area contributed by atoms with E-state index in [2.05, 4.69) is 26.8 Å². The monoisotopic (exact) mass is 178 g/mol. The van der Waals surface area contributed by atoms with Gasteiger partial charge in [0.25, 0.3) is 0 Å². The summed E-state index contributed by atoms with van der Waals surface area (Å²) in [4.78, 5) is 0. The van der Waals surface area contributed by atoms with Crippen LogP contribution >= 0.6 is 0 Å². The molecule has 1 heterocycles. The van der Waals surface area contributed by atoms with Gasteiger partial charge in [0, 0.05) is 0 Å². The van der Waals surface area contributed by atoms with Crippen molar-refractivity contribution in [1.29, 1.82) is 0 Å². The SMILES string of the molecule is CC(C)(C)C1CCC1c1ccoc1. The van der Waals surface area contributed by atoms with Crippen LogP contribution in [0.3, 0.4) is 0 Å². The highest BCUT2D eigenvalue weighted by Gasteiger charge is 2.40. The third kappa shape index (κ3) is 1.52. The molecular formula is C12H18O. The minimum absolute atomic E-state index is 0.445. The van der Waals surface area contributed by atoms with Crippen LogP contribution in [0.15, 0.2) is 23.0 Å². The standard InChI is InChI=1S/C12H18O/c1-12(2,3)11-5-4-10(11)9-6-7-13-8-9/h6-8,10-11H,4-5H2,1-3H3. The molecule has 0 amide bonds. The van der Waals surface area contributed by atoms with Gasteiger partial charge in [-0.2, -0.15) is 0 Å². The van der Waals surface area contributed by atoms with Gasteiger partial charge in [0.1, 0.15) is 0 Å². The van der Waals surface area contributed by atoms with Gasteiger partial charge in [-0.05, 0) is 41.7 Å². The molecule has 0 radical (unpaired) electrons. The molecule has 2 atom stereocenters. The zero-order valence-electron chi connectivity index (χ0n) is 8.71. The second-order valence-corrected chi connectivity index (χ2v) is 5.21. The molecule has 0 N–H and O–H groups in total. The zero-order chi connectivity index (χ0) is 9.47. The third-order valence-electron chi connectivity index (χ3n) is 3.36. The van der Waals surface area contributed by atoms with E-state index in [9.17, 15) is 0 Å². The Hall–Kier alpha value is -0.720. The van der Waals surface area contributed by atoms with Crippen molar-refractivity contribution in [3.8, 4) is 0 Å². The molecule has 1 aromatic rings. The summed E-state index contributed by atoms with van der Waals surface area (Å²) in [6.45, 7) is 7.01. The van der Waals surface area contributed by atoms with Gasteiger partial charge in [-0.3, -0.25) is 0 Å². The van der Waals surface area contributed by atoms with Gasteiger partial charge in [0.15, 0.2) is 0 Å². The fourth-order valence-corrected chi connectivity index (χ4v) is 2.42. The highest BCUT2D eigenvalue weighted by molar-refractivity contribution is 5.18. The van der Waals surface area contributed by atoms with Crippen molar-refractivity contribution in [3.63, 3.8) is 0 Å². The van der Waals surface area contributed by atoms with Crippen LogP contribution in [-0.2, 0) is 0 Å². The first-order valence-electron chi connectivity index (χ1n) is 5.11. The summed E-state index contributed by atoms with van der Waals surface area (Å²) in [5, 5.41) is 0. The van der Waals surface area contributed by atoms with Crippen LogP contribution in [0.2, 0.25) is 0 Å². The molecule has 1 aromatic heterocycles. The second-order valence-electron chi connectivity index (χ2n) is 5.21. The van der Waals surface area contributed by atoms with E-state index in [0.717, 1.165) is 11.8 Å². The Morgan fingerprint density at radius 1 is 1.31 bits per heavy atom.